The average molecular weight is 800 g/mol. The molecule has 4 aliphatic carbocycles. The van der Waals surface area contributed by atoms with Crippen molar-refractivity contribution in [3.05, 3.63) is 238 Å². The Morgan fingerprint density at radius 2 is 1.26 bits per heavy atom. The summed E-state index contributed by atoms with van der Waals surface area (Å²) in [5.41, 5.74) is 21.7. The second-order valence-electron chi connectivity index (χ2n) is 18.7. The van der Waals surface area contributed by atoms with Crippen LogP contribution < -0.4 is 4.90 Å². The Labute approximate surface area is 364 Å². The highest BCUT2D eigenvalue weighted by Gasteiger charge is 2.50. The minimum absolute atomic E-state index is 0.0800. The molecular weight excluding hydrogens is 751 g/mol. The Hall–Kier alpha value is -6.90. The van der Waals surface area contributed by atoms with Gasteiger partial charge in [0, 0.05) is 56.1 Å². The van der Waals surface area contributed by atoms with Crippen LogP contribution in [0.15, 0.2) is 209 Å². The number of hydrogen-bond donors (Lipinski definition) is 0. The summed E-state index contributed by atoms with van der Waals surface area (Å²) in [5.74, 6) is 0.387. The number of hydrogen-bond acceptors (Lipinski definition) is 2. The number of furan rings is 1. The lowest BCUT2D eigenvalue weighted by Crippen LogP contribution is -2.31. The Morgan fingerprint density at radius 1 is 0.548 bits per heavy atom. The Bertz CT molecular complexity index is 3220. The standard InChI is InChI=1S/C60H49NO/c1-59(2)51-24-13-11-20-46(51)49-36-53-50(37-52(49)59)56-44(40-18-9-6-10-19-40)34-35-54(57(56)60(53,3)4)61(42-30-26-39(27-31-42)38-16-7-5-8-17-38)43-32-28-41(29-33-43)45-22-15-23-48-47-21-12-14-25-55(47)62-58(45)48/h5-26,28-30,32-37,44,56H,27,31H2,1-4H3. The summed E-state index contributed by atoms with van der Waals surface area (Å²) in [6.45, 7) is 9.79. The fourth-order valence-electron chi connectivity index (χ4n) is 11.6. The molecule has 4 aliphatic rings. The van der Waals surface area contributed by atoms with Crippen LogP contribution in [0.5, 0.6) is 0 Å². The Kier molecular flexibility index (Phi) is 8.22. The third-order valence-corrected chi connectivity index (χ3v) is 14.7. The first-order valence-electron chi connectivity index (χ1n) is 22.3. The van der Waals surface area contributed by atoms with E-state index in [4.69, 9.17) is 4.42 Å². The van der Waals surface area contributed by atoms with E-state index in [0.29, 0.717) is 0 Å². The molecule has 0 radical (unpaired) electrons. The summed E-state index contributed by atoms with van der Waals surface area (Å²) in [4.78, 5) is 2.60. The molecule has 0 fully saturated rings. The highest BCUT2D eigenvalue weighted by Crippen LogP contribution is 2.62. The molecule has 2 nitrogen and oxygen atoms in total. The van der Waals surface area contributed by atoms with Gasteiger partial charge >= 0.3 is 0 Å². The maximum absolute atomic E-state index is 6.52. The van der Waals surface area contributed by atoms with Crippen LogP contribution in [0, 0.1) is 0 Å². The third-order valence-electron chi connectivity index (χ3n) is 14.7. The SMILES string of the molecule is CC1(C)C2=C(N(C3=CC=C(c4ccccc4)CC3)c3ccc(-c4cccc5c4oc4ccccc45)cc3)C=CC(c3ccccc3)C2c2cc3c(cc21)-c1ccccc1C3(C)C. The molecule has 0 saturated carbocycles. The van der Waals surface area contributed by atoms with Gasteiger partial charge in [-0.2, -0.15) is 0 Å². The van der Waals surface area contributed by atoms with Gasteiger partial charge in [-0.05, 0) is 110 Å². The highest BCUT2D eigenvalue weighted by atomic mass is 16.3. The van der Waals surface area contributed by atoms with Crippen LogP contribution in [0.2, 0.25) is 0 Å². The first-order chi connectivity index (χ1) is 30.3. The number of para-hydroxylation sites is 2. The number of rotatable bonds is 6. The van der Waals surface area contributed by atoms with Gasteiger partial charge in [-0.1, -0.05) is 179 Å². The van der Waals surface area contributed by atoms with Gasteiger partial charge in [0.25, 0.3) is 0 Å². The molecule has 2 atom stereocenters. The molecule has 0 amide bonds. The molecule has 0 N–H and O–H groups in total. The largest absolute Gasteiger partial charge is 0.455 e. The molecule has 300 valence electrons. The van der Waals surface area contributed by atoms with Crippen LogP contribution in [0.1, 0.15) is 85.8 Å². The van der Waals surface area contributed by atoms with Gasteiger partial charge in [0.2, 0.25) is 0 Å². The first kappa shape index (κ1) is 36.9. The molecule has 0 spiro atoms. The van der Waals surface area contributed by atoms with Crippen molar-refractivity contribution in [2.75, 3.05) is 4.90 Å². The maximum Gasteiger partial charge on any atom is 0.143 e. The predicted molar refractivity (Wildman–Crippen MR) is 258 cm³/mol. The fraction of sp³-hybridized carbons (Fsp3) is 0.167. The molecule has 1 aromatic heterocycles. The van der Waals surface area contributed by atoms with Gasteiger partial charge in [-0.25, -0.2) is 0 Å². The smallest absolute Gasteiger partial charge is 0.143 e. The van der Waals surface area contributed by atoms with E-state index in [1.165, 1.54) is 72.7 Å². The molecule has 62 heavy (non-hydrogen) atoms. The second-order valence-corrected chi connectivity index (χ2v) is 18.7. The van der Waals surface area contributed by atoms with E-state index in [1.54, 1.807) is 0 Å². The molecule has 2 unspecified atom stereocenters. The molecule has 2 heteroatoms. The van der Waals surface area contributed by atoms with Crippen molar-refractivity contribution in [2.45, 2.75) is 63.2 Å². The van der Waals surface area contributed by atoms with Crippen LogP contribution in [-0.4, -0.2) is 0 Å². The first-order valence-corrected chi connectivity index (χ1v) is 22.3. The van der Waals surface area contributed by atoms with Gasteiger partial charge in [-0.3, -0.25) is 0 Å². The third kappa shape index (κ3) is 5.49. The highest BCUT2D eigenvalue weighted by molar-refractivity contribution is 6.09. The number of fused-ring (bicyclic) bond motifs is 9. The fourth-order valence-corrected chi connectivity index (χ4v) is 11.6. The topological polar surface area (TPSA) is 16.4 Å². The number of allylic oxidation sites excluding steroid dienone is 7. The van der Waals surface area contributed by atoms with Crippen molar-refractivity contribution in [1.82, 2.24) is 0 Å². The number of anilines is 1. The Morgan fingerprint density at radius 3 is 2.05 bits per heavy atom. The van der Waals surface area contributed by atoms with E-state index in [0.717, 1.165) is 45.9 Å². The van der Waals surface area contributed by atoms with E-state index in [1.807, 2.05) is 6.07 Å². The van der Waals surface area contributed by atoms with Gasteiger partial charge in [0.15, 0.2) is 0 Å². The zero-order chi connectivity index (χ0) is 41.7. The second kappa shape index (κ2) is 13.8. The molecule has 12 rings (SSSR count). The predicted octanol–water partition coefficient (Wildman–Crippen LogP) is 15.8. The normalized spacial score (nSPS) is 19.2. The van der Waals surface area contributed by atoms with Crippen molar-refractivity contribution in [1.29, 1.82) is 0 Å². The maximum atomic E-state index is 6.52. The lowest BCUT2D eigenvalue weighted by atomic mass is 9.71. The van der Waals surface area contributed by atoms with Crippen molar-refractivity contribution < 1.29 is 4.42 Å². The number of benzene rings is 7. The van der Waals surface area contributed by atoms with E-state index < -0.39 is 0 Å². The lowest BCUT2D eigenvalue weighted by molar-refractivity contribution is 0.577. The van der Waals surface area contributed by atoms with Crippen molar-refractivity contribution >= 4 is 33.2 Å². The van der Waals surface area contributed by atoms with Crippen molar-refractivity contribution in [3.8, 4) is 22.3 Å². The van der Waals surface area contributed by atoms with Gasteiger partial charge in [0.1, 0.15) is 11.2 Å². The minimum atomic E-state index is -0.237. The lowest BCUT2D eigenvalue weighted by Gasteiger charge is -2.39. The summed E-state index contributed by atoms with van der Waals surface area (Å²) in [6, 6.07) is 60.4. The van der Waals surface area contributed by atoms with Crippen LogP contribution in [0.3, 0.4) is 0 Å². The molecule has 0 bridgehead atoms. The van der Waals surface area contributed by atoms with Gasteiger partial charge in [0.05, 0.1) is 0 Å². The average Bonchev–Trinajstić information content (AvgIpc) is 3.89. The zero-order valence-corrected chi connectivity index (χ0v) is 35.8. The number of nitrogens with zero attached hydrogens (tertiary/aromatic N) is 1. The van der Waals surface area contributed by atoms with E-state index in [9.17, 15) is 0 Å². The molecule has 7 aromatic carbocycles. The van der Waals surface area contributed by atoms with Crippen LogP contribution >= 0.6 is 0 Å². The molecule has 0 saturated heterocycles. The van der Waals surface area contributed by atoms with E-state index >= 15 is 0 Å². The minimum Gasteiger partial charge on any atom is -0.455 e. The van der Waals surface area contributed by atoms with Crippen LogP contribution in [0.25, 0.3) is 49.8 Å². The van der Waals surface area contributed by atoms with Gasteiger partial charge in [-0.15, -0.1) is 0 Å². The zero-order valence-electron chi connectivity index (χ0n) is 35.8. The Balaban J connectivity index is 1.05. The summed E-state index contributed by atoms with van der Waals surface area (Å²) < 4.78 is 6.52. The van der Waals surface area contributed by atoms with E-state index in [-0.39, 0.29) is 22.7 Å². The molecule has 8 aromatic rings. The van der Waals surface area contributed by atoms with Crippen molar-refractivity contribution in [2.24, 2.45) is 0 Å². The quantitative estimate of drug-likeness (QED) is 0.167. The van der Waals surface area contributed by atoms with Crippen molar-refractivity contribution in [3.63, 3.8) is 0 Å². The van der Waals surface area contributed by atoms with Crippen LogP contribution in [-0.2, 0) is 10.8 Å². The summed E-state index contributed by atoms with van der Waals surface area (Å²) in [7, 11) is 0. The molecular formula is C60H49NO. The summed E-state index contributed by atoms with van der Waals surface area (Å²) >= 11 is 0. The monoisotopic (exact) mass is 799 g/mol. The summed E-state index contributed by atoms with van der Waals surface area (Å²) in [5, 5.41) is 2.30. The summed E-state index contributed by atoms with van der Waals surface area (Å²) in [6.07, 6.45) is 11.6. The van der Waals surface area contributed by atoms with Gasteiger partial charge < -0.3 is 9.32 Å². The van der Waals surface area contributed by atoms with E-state index in [2.05, 4.69) is 215 Å². The molecule has 1 heterocycles. The molecule has 0 aliphatic heterocycles. The van der Waals surface area contributed by atoms with Crippen LogP contribution in [0.4, 0.5) is 5.69 Å².